The van der Waals surface area contributed by atoms with E-state index in [1.54, 1.807) is 12.4 Å². The lowest BCUT2D eigenvalue weighted by atomic mass is 10.3. The molecule has 0 spiro atoms. The number of pyridine rings is 1. The molecule has 0 radical (unpaired) electrons. The fraction of sp³-hybridized carbons (Fsp3) is 0.111. The topological polar surface area (TPSA) is 67.6 Å². The number of nitrogens with zero attached hydrogens (tertiary/aromatic N) is 2. The first-order valence-corrected chi connectivity index (χ1v) is 4.95. The summed E-state index contributed by atoms with van der Waals surface area (Å²) in [6, 6.07) is 3.82. The highest BCUT2D eigenvalue weighted by atomic mass is 79.9. The van der Waals surface area contributed by atoms with Crippen molar-refractivity contribution in [3.63, 3.8) is 0 Å². The Morgan fingerprint density at radius 1 is 1.29 bits per heavy atom. The van der Waals surface area contributed by atoms with E-state index in [1.165, 1.54) is 0 Å². The van der Waals surface area contributed by atoms with Crippen molar-refractivity contribution >= 4 is 15.9 Å². The van der Waals surface area contributed by atoms with E-state index >= 15 is 0 Å². The molecule has 0 unspecified atom stereocenters. The molecule has 3 N–H and O–H groups in total. The fourth-order valence-electron chi connectivity index (χ4n) is 1.11. The second-order valence-corrected chi connectivity index (χ2v) is 3.74. The molecule has 0 bridgehead atoms. The number of nitrogens with two attached hydrogens (primary N) is 1. The van der Waals surface area contributed by atoms with E-state index in [-0.39, 0.29) is 0 Å². The highest BCUT2D eigenvalue weighted by Gasteiger charge is 2.03. The van der Waals surface area contributed by atoms with Crippen molar-refractivity contribution in [2.75, 3.05) is 0 Å². The van der Waals surface area contributed by atoms with Gasteiger partial charge in [0.05, 0.1) is 0 Å². The second kappa shape index (κ2) is 3.89. The van der Waals surface area contributed by atoms with Crippen LogP contribution in [0.25, 0.3) is 11.5 Å². The average molecular weight is 253 g/mol. The van der Waals surface area contributed by atoms with E-state index in [9.17, 15) is 0 Å². The monoisotopic (exact) mass is 252 g/mol. The Morgan fingerprint density at radius 3 is 2.71 bits per heavy atom. The number of imidazole rings is 1. The Labute approximate surface area is 89.7 Å². The molecule has 2 aromatic heterocycles. The van der Waals surface area contributed by atoms with Gasteiger partial charge in [0.15, 0.2) is 5.82 Å². The lowest BCUT2D eigenvalue weighted by Crippen LogP contribution is -1.95. The van der Waals surface area contributed by atoms with E-state index in [0.717, 1.165) is 21.7 Å². The predicted molar refractivity (Wildman–Crippen MR) is 57.4 cm³/mol. The average Bonchev–Trinajstić information content (AvgIpc) is 2.67. The van der Waals surface area contributed by atoms with Crippen LogP contribution >= 0.6 is 15.9 Å². The number of halogens is 1. The van der Waals surface area contributed by atoms with Crippen LogP contribution in [0.3, 0.4) is 0 Å². The predicted octanol–water partition coefficient (Wildman–Crippen LogP) is 1.69. The van der Waals surface area contributed by atoms with Gasteiger partial charge < -0.3 is 10.7 Å². The van der Waals surface area contributed by atoms with Crippen LogP contribution in [-0.4, -0.2) is 15.0 Å². The second-order valence-electron chi connectivity index (χ2n) is 2.82. The molecule has 0 atom stereocenters. The largest absolute Gasteiger partial charge is 0.339 e. The van der Waals surface area contributed by atoms with E-state index in [1.807, 2.05) is 12.1 Å². The maximum absolute atomic E-state index is 5.47. The molecular formula is C9H9BrN4. The molecule has 2 aromatic rings. The Kier molecular flexibility index (Phi) is 2.60. The fourth-order valence-corrected chi connectivity index (χ4v) is 1.34. The van der Waals surface area contributed by atoms with Crippen LogP contribution in [0.2, 0.25) is 0 Å². The molecule has 0 fully saturated rings. The summed E-state index contributed by atoms with van der Waals surface area (Å²) in [5.41, 5.74) is 7.19. The van der Waals surface area contributed by atoms with Crippen molar-refractivity contribution in [1.82, 2.24) is 15.0 Å². The zero-order valence-corrected chi connectivity index (χ0v) is 8.95. The van der Waals surface area contributed by atoms with Crippen LogP contribution < -0.4 is 5.73 Å². The molecule has 2 rings (SSSR count). The molecule has 0 aliphatic heterocycles. The third-order valence-electron chi connectivity index (χ3n) is 1.82. The summed E-state index contributed by atoms with van der Waals surface area (Å²) < 4.78 is 0.951. The van der Waals surface area contributed by atoms with Gasteiger partial charge in [-0.3, -0.25) is 4.98 Å². The first-order chi connectivity index (χ1) is 6.79. The van der Waals surface area contributed by atoms with Crippen molar-refractivity contribution in [3.05, 3.63) is 34.7 Å². The number of hydrogen-bond acceptors (Lipinski definition) is 3. The van der Waals surface area contributed by atoms with Crippen LogP contribution in [0.4, 0.5) is 0 Å². The first kappa shape index (κ1) is 9.36. The van der Waals surface area contributed by atoms with Gasteiger partial charge in [-0.05, 0) is 28.1 Å². The minimum Gasteiger partial charge on any atom is -0.339 e. The minimum atomic E-state index is 0.462. The van der Waals surface area contributed by atoms with Gasteiger partial charge in [-0.1, -0.05) is 0 Å². The maximum Gasteiger partial charge on any atom is 0.156 e. The van der Waals surface area contributed by atoms with E-state index < -0.39 is 0 Å². The molecule has 0 aliphatic rings. The summed E-state index contributed by atoms with van der Waals surface area (Å²) in [6.45, 7) is 0.462. The van der Waals surface area contributed by atoms with Crippen molar-refractivity contribution in [2.45, 2.75) is 6.54 Å². The van der Waals surface area contributed by atoms with E-state index in [0.29, 0.717) is 6.54 Å². The summed E-state index contributed by atoms with van der Waals surface area (Å²) in [5.74, 6) is 0.748. The molecule has 14 heavy (non-hydrogen) atoms. The molecule has 72 valence electrons. The highest BCUT2D eigenvalue weighted by molar-refractivity contribution is 9.10. The van der Waals surface area contributed by atoms with E-state index in [2.05, 4.69) is 30.9 Å². The summed E-state index contributed by atoms with van der Waals surface area (Å²) in [6.07, 6.45) is 3.46. The van der Waals surface area contributed by atoms with Crippen molar-refractivity contribution in [2.24, 2.45) is 5.73 Å². The Bertz CT molecular complexity index is 421. The minimum absolute atomic E-state index is 0.462. The number of aromatic nitrogens is 3. The third-order valence-corrected chi connectivity index (χ3v) is 2.29. The molecule has 0 amide bonds. The lowest BCUT2D eigenvalue weighted by Gasteiger charge is -1.95. The van der Waals surface area contributed by atoms with Crippen molar-refractivity contribution in [3.8, 4) is 11.5 Å². The molecular weight excluding hydrogens is 244 g/mol. The SMILES string of the molecule is NCc1cnc(-c2ccc(Br)cn2)[nH]1. The summed E-state index contributed by atoms with van der Waals surface area (Å²) in [4.78, 5) is 11.5. The summed E-state index contributed by atoms with van der Waals surface area (Å²) in [7, 11) is 0. The van der Waals surface area contributed by atoms with Crippen LogP contribution in [0.1, 0.15) is 5.69 Å². The molecule has 0 saturated heterocycles. The molecule has 0 aliphatic carbocycles. The van der Waals surface area contributed by atoms with Crippen LogP contribution in [0, 0.1) is 0 Å². The van der Waals surface area contributed by atoms with Crippen molar-refractivity contribution < 1.29 is 0 Å². The van der Waals surface area contributed by atoms with Gasteiger partial charge in [-0.2, -0.15) is 0 Å². The number of hydrogen-bond donors (Lipinski definition) is 2. The molecule has 2 heterocycles. The maximum atomic E-state index is 5.47. The molecule has 0 aromatic carbocycles. The third kappa shape index (κ3) is 1.83. The zero-order valence-electron chi connectivity index (χ0n) is 7.37. The summed E-state index contributed by atoms with van der Waals surface area (Å²) in [5, 5.41) is 0. The van der Waals surface area contributed by atoms with Crippen LogP contribution in [0.15, 0.2) is 29.0 Å². The standard InChI is InChI=1S/C9H9BrN4/c10-6-1-2-8(12-4-6)9-13-5-7(3-11)14-9/h1-2,4-5H,3,11H2,(H,13,14). The smallest absolute Gasteiger partial charge is 0.156 e. The number of rotatable bonds is 2. The normalized spacial score (nSPS) is 10.4. The van der Waals surface area contributed by atoms with Crippen LogP contribution in [-0.2, 0) is 6.54 Å². The first-order valence-electron chi connectivity index (χ1n) is 4.15. The summed E-state index contributed by atoms with van der Waals surface area (Å²) >= 11 is 3.32. The Hall–Kier alpha value is -1.20. The van der Waals surface area contributed by atoms with E-state index in [4.69, 9.17) is 5.73 Å². The quantitative estimate of drug-likeness (QED) is 0.855. The number of aromatic amines is 1. The highest BCUT2D eigenvalue weighted by Crippen LogP contribution is 2.15. The molecule has 0 saturated carbocycles. The van der Waals surface area contributed by atoms with Gasteiger partial charge in [0, 0.05) is 29.1 Å². The molecule has 4 nitrogen and oxygen atoms in total. The van der Waals surface area contributed by atoms with Gasteiger partial charge >= 0.3 is 0 Å². The van der Waals surface area contributed by atoms with Crippen LogP contribution in [0.5, 0.6) is 0 Å². The zero-order chi connectivity index (χ0) is 9.97. The Balaban J connectivity index is 2.34. The number of H-pyrrole nitrogens is 1. The Morgan fingerprint density at radius 2 is 2.14 bits per heavy atom. The number of nitrogens with one attached hydrogen (secondary N) is 1. The van der Waals surface area contributed by atoms with Gasteiger partial charge in [0.2, 0.25) is 0 Å². The van der Waals surface area contributed by atoms with Crippen molar-refractivity contribution in [1.29, 1.82) is 0 Å². The lowest BCUT2D eigenvalue weighted by molar-refractivity contribution is 1.01. The van der Waals surface area contributed by atoms with Gasteiger partial charge in [0.25, 0.3) is 0 Å². The molecule has 5 heteroatoms. The van der Waals surface area contributed by atoms with Gasteiger partial charge in [-0.25, -0.2) is 4.98 Å². The van der Waals surface area contributed by atoms with Gasteiger partial charge in [-0.15, -0.1) is 0 Å². The van der Waals surface area contributed by atoms with Gasteiger partial charge in [0.1, 0.15) is 5.69 Å².